The van der Waals surface area contributed by atoms with Crippen LogP contribution in [0, 0.1) is 0 Å². The Bertz CT molecular complexity index is 1130. The van der Waals surface area contributed by atoms with E-state index >= 15 is 0 Å². The molecule has 1 atom stereocenters. The van der Waals surface area contributed by atoms with Gasteiger partial charge in [0, 0.05) is 22.7 Å². The predicted molar refractivity (Wildman–Crippen MR) is 116 cm³/mol. The van der Waals surface area contributed by atoms with Crippen molar-refractivity contribution in [1.82, 2.24) is 4.57 Å². The number of nitrogens with zero attached hydrogens (tertiary/aromatic N) is 1. The van der Waals surface area contributed by atoms with Gasteiger partial charge in [-0.2, -0.15) is 0 Å². The first-order valence-electron chi connectivity index (χ1n) is 9.88. The Morgan fingerprint density at radius 3 is 2.70 bits per heavy atom. The van der Waals surface area contributed by atoms with Crippen LogP contribution in [-0.4, -0.2) is 30.9 Å². The Labute approximate surface area is 178 Å². The second-order valence-electron chi connectivity index (χ2n) is 6.89. The van der Waals surface area contributed by atoms with E-state index in [1.165, 1.54) is 6.07 Å². The second-order valence-corrected chi connectivity index (χ2v) is 7.87. The summed E-state index contributed by atoms with van der Waals surface area (Å²) in [5.74, 6) is 0.694. The van der Waals surface area contributed by atoms with Crippen LogP contribution in [0.4, 0.5) is 0 Å². The standard InChI is InChI=1S/C23H23NO5S/c1-4-28-21-10-14-9-18(22-7-6-8-30-22)24-13-16(23(26)29-5-2)19(25)12-17(24)15(14)11-20(21)27-3/h6-8,10-13,18H,4-5,9H2,1-3H3. The van der Waals surface area contributed by atoms with Crippen LogP contribution in [0.5, 0.6) is 11.5 Å². The molecule has 1 unspecified atom stereocenters. The average molecular weight is 426 g/mol. The summed E-state index contributed by atoms with van der Waals surface area (Å²) in [6.07, 6.45) is 2.34. The van der Waals surface area contributed by atoms with Crippen LogP contribution in [0.3, 0.4) is 0 Å². The lowest BCUT2D eigenvalue weighted by Gasteiger charge is -2.31. The molecule has 2 aromatic heterocycles. The van der Waals surface area contributed by atoms with Crippen LogP contribution in [0.1, 0.15) is 40.7 Å². The van der Waals surface area contributed by atoms with Gasteiger partial charge < -0.3 is 18.8 Å². The van der Waals surface area contributed by atoms with E-state index in [2.05, 4.69) is 6.07 Å². The number of thiophene rings is 1. The average Bonchev–Trinajstić information content (AvgIpc) is 3.27. The quantitative estimate of drug-likeness (QED) is 0.551. The van der Waals surface area contributed by atoms with Crippen molar-refractivity contribution in [2.45, 2.75) is 26.3 Å². The van der Waals surface area contributed by atoms with Crippen LogP contribution < -0.4 is 14.9 Å². The SMILES string of the molecule is CCOC(=O)c1cn2c(cc1=O)-c1cc(OC)c(OCC)cc1CC2c1cccs1. The molecule has 0 fully saturated rings. The maximum Gasteiger partial charge on any atom is 0.343 e. The smallest absolute Gasteiger partial charge is 0.343 e. The molecule has 1 aliphatic rings. The highest BCUT2D eigenvalue weighted by Crippen LogP contribution is 2.43. The van der Waals surface area contributed by atoms with Crippen molar-refractivity contribution in [1.29, 1.82) is 0 Å². The maximum atomic E-state index is 12.8. The number of pyridine rings is 1. The van der Waals surface area contributed by atoms with Crippen molar-refractivity contribution >= 4 is 17.3 Å². The molecular weight excluding hydrogens is 402 g/mol. The van der Waals surface area contributed by atoms with E-state index in [9.17, 15) is 9.59 Å². The minimum absolute atomic E-state index is 0.0378. The van der Waals surface area contributed by atoms with Crippen molar-refractivity contribution in [2.75, 3.05) is 20.3 Å². The molecule has 1 aromatic carbocycles. The minimum Gasteiger partial charge on any atom is -0.493 e. The number of hydrogen-bond acceptors (Lipinski definition) is 6. The lowest BCUT2D eigenvalue weighted by molar-refractivity contribution is 0.0523. The number of methoxy groups -OCH3 is 1. The van der Waals surface area contributed by atoms with Crippen LogP contribution in [0.25, 0.3) is 11.3 Å². The Morgan fingerprint density at radius 2 is 2.03 bits per heavy atom. The molecule has 0 N–H and O–H groups in total. The molecule has 7 heteroatoms. The number of carbonyl (C=O) groups is 1. The van der Waals surface area contributed by atoms with Gasteiger partial charge in [-0.1, -0.05) is 6.07 Å². The molecule has 0 amide bonds. The maximum absolute atomic E-state index is 12.8. The molecule has 3 heterocycles. The zero-order valence-electron chi connectivity index (χ0n) is 17.1. The first-order valence-corrected chi connectivity index (χ1v) is 10.8. The molecule has 0 spiro atoms. The van der Waals surface area contributed by atoms with Crippen molar-refractivity contribution in [2.24, 2.45) is 0 Å². The van der Waals surface area contributed by atoms with Crippen molar-refractivity contribution in [3.05, 3.63) is 68.1 Å². The second kappa shape index (κ2) is 8.36. The molecule has 0 aliphatic carbocycles. The summed E-state index contributed by atoms with van der Waals surface area (Å²) >= 11 is 1.65. The number of hydrogen-bond donors (Lipinski definition) is 0. The van der Waals surface area contributed by atoms with E-state index in [0.717, 1.165) is 21.7 Å². The Hall–Kier alpha value is -3.06. The highest BCUT2D eigenvalue weighted by atomic mass is 32.1. The number of rotatable bonds is 6. The summed E-state index contributed by atoms with van der Waals surface area (Å²) in [6.45, 7) is 4.40. The van der Waals surface area contributed by atoms with Crippen LogP contribution >= 0.6 is 11.3 Å². The zero-order valence-corrected chi connectivity index (χ0v) is 18.0. The fourth-order valence-electron chi connectivity index (χ4n) is 3.85. The van der Waals surface area contributed by atoms with Gasteiger partial charge in [0.2, 0.25) is 0 Å². The lowest BCUT2D eigenvalue weighted by atomic mass is 9.91. The van der Waals surface area contributed by atoms with Gasteiger partial charge >= 0.3 is 5.97 Å². The van der Waals surface area contributed by atoms with Crippen LogP contribution in [-0.2, 0) is 11.2 Å². The van der Waals surface area contributed by atoms with Gasteiger partial charge in [-0.15, -0.1) is 11.3 Å². The summed E-state index contributed by atoms with van der Waals surface area (Å²) in [5.41, 5.74) is 2.40. The van der Waals surface area contributed by atoms with E-state index in [4.69, 9.17) is 14.2 Å². The van der Waals surface area contributed by atoms with Crippen molar-refractivity contribution < 1.29 is 19.0 Å². The van der Waals surface area contributed by atoms with E-state index in [0.29, 0.717) is 24.5 Å². The largest absolute Gasteiger partial charge is 0.493 e. The van der Waals surface area contributed by atoms with Crippen LogP contribution in [0.15, 0.2) is 46.7 Å². The molecule has 30 heavy (non-hydrogen) atoms. The highest BCUT2D eigenvalue weighted by Gasteiger charge is 2.29. The molecule has 0 saturated heterocycles. The molecule has 3 aromatic rings. The van der Waals surface area contributed by atoms with E-state index < -0.39 is 5.97 Å². The highest BCUT2D eigenvalue weighted by molar-refractivity contribution is 7.10. The number of carbonyl (C=O) groups excluding carboxylic acids is 1. The Balaban J connectivity index is 1.94. The first kappa shape index (κ1) is 20.2. The van der Waals surface area contributed by atoms with E-state index in [1.54, 1.807) is 31.6 Å². The summed E-state index contributed by atoms with van der Waals surface area (Å²) in [6, 6.07) is 9.45. The van der Waals surface area contributed by atoms with Gasteiger partial charge in [-0.05, 0) is 49.4 Å². The van der Waals surface area contributed by atoms with Crippen molar-refractivity contribution in [3.8, 4) is 22.8 Å². The van der Waals surface area contributed by atoms with Gasteiger partial charge in [-0.3, -0.25) is 4.79 Å². The molecule has 0 bridgehead atoms. The molecule has 156 valence electrons. The molecule has 4 rings (SSSR count). The number of esters is 1. The Kier molecular flexibility index (Phi) is 5.63. The number of benzene rings is 1. The molecule has 1 aliphatic heterocycles. The fraction of sp³-hybridized carbons (Fsp3) is 0.304. The van der Waals surface area contributed by atoms with Crippen LogP contribution in [0.2, 0.25) is 0 Å². The third kappa shape index (κ3) is 3.50. The third-order valence-corrected chi connectivity index (χ3v) is 6.13. The van der Waals surface area contributed by atoms with Crippen molar-refractivity contribution in [3.63, 3.8) is 0 Å². The van der Waals surface area contributed by atoms with Gasteiger partial charge in [0.1, 0.15) is 5.56 Å². The van der Waals surface area contributed by atoms with Gasteiger partial charge in [0.05, 0.1) is 32.1 Å². The van der Waals surface area contributed by atoms with E-state index in [1.807, 2.05) is 35.1 Å². The number of ether oxygens (including phenoxy) is 3. The third-order valence-electron chi connectivity index (χ3n) is 5.16. The summed E-state index contributed by atoms with van der Waals surface area (Å²) in [7, 11) is 1.60. The summed E-state index contributed by atoms with van der Waals surface area (Å²) in [5, 5.41) is 2.03. The normalized spacial score (nSPS) is 14.6. The Morgan fingerprint density at radius 1 is 1.20 bits per heavy atom. The molecule has 0 radical (unpaired) electrons. The number of aromatic nitrogens is 1. The van der Waals surface area contributed by atoms with Gasteiger partial charge in [-0.25, -0.2) is 4.79 Å². The minimum atomic E-state index is -0.599. The van der Waals surface area contributed by atoms with E-state index in [-0.39, 0.29) is 23.6 Å². The molecular formula is C23H23NO5S. The topological polar surface area (TPSA) is 66.8 Å². The van der Waals surface area contributed by atoms with Gasteiger partial charge in [0.25, 0.3) is 0 Å². The summed E-state index contributed by atoms with van der Waals surface area (Å²) < 4.78 is 18.4. The van der Waals surface area contributed by atoms with Gasteiger partial charge in [0.15, 0.2) is 16.9 Å². The predicted octanol–water partition coefficient (Wildman–Crippen LogP) is 4.31. The first-order chi connectivity index (χ1) is 14.6. The number of fused-ring (bicyclic) bond motifs is 3. The molecule has 0 saturated carbocycles. The lowest BCUT2D eigenvalue weighted by Crippen LogP contribution is -2.26. The summed E-state index contributed by atoms with van der Waals surface area (Å²) in [4.78, 5) is 26.3. The fourth-order valence-corrected chi connectivity index (χ4v) is 4.67. The molecule has 6 nitrogen and oxygen atoms in total. The monoisotopic (exact) mass is 425 g/mol. The zero-order chi connectivity index (χ0) is 21.3.